The van der Waals surface area contributed by atoms with Gasteiger partial charge < -0.3 is 0 Å². The van der Waals surface area contributed by atoms with Crippen molar-refractivity contribution in [3.8, 4) is 0 Å². The van der Waals surface area contributed by atoms with Gasteiger partial charge in [-0.15, -0.1) is 0 Å². The number of hydrogen-bond acceptors (Lipinski definition) is 0. The van der Waals surface area contributed by atoms with Crippen LogP contribution in [0.5, 0.6) is 0 Å². The van der Waals surface area contributed by atoms with E-state index in [0.29, 0.717) is 0 Å². The van der Waals surface area contributed by atoms with Gasteiger partial charge in [-0.2, -0.15) is 55.4 Å². The average molecular weight is 307 g/mol. The summed E-state index contributed by atoms with van der Waals surface area (Å²) in [5.74, 6) is 0. The van der Waals surface area contributed by atoms with Crippen LogP contribution in [0.4, 0.5) is 0 Å². The lowest BCUT2D eigenvalue weighted by Crippen LogP contribution is -2.38. The van der Waals surface area contributed by atoms with Crippen LogP contribution in [0.3, 0.4) is 0 Å². The highest BCUT2D eigenvalue weighted by atomic mass is 35.7. The van der Waals surface area contributed by atoms with Crippen molar-refractivity contribution in [3.63, 3.8) is 0 Å². The molecule has 0 unspecified atom stereocenters. The van der Waals surface area contributed by atoms with Crippen molar-refractivity contribution in [1.82, 2.24) is 0 Å². The molecule has 68 valence electrons. The van der Waals surface area contributed by atoms with Gasteiger partial charge in [-0.3, -0.25) is 0 Å². The molecule has 0 aliphatic heterocycles. The normalized spacial score (nSPS) is 13.6. The third-order valence-electron chi connectivity index (χ3n) is 1.34. The summed E-state index contributed by atoms with van der Waals surface area (Å²) in [6.07, 6.45) is 0. The lowest BCUT2D eigenvalue weighted by molar-refractivity contribution is 1.64. The minimum atomic E-state index is -1.84. The van der Waals surface area contributed by atoms with Crippen molar-refractivity contribution in [2.24, 2.45) is 0 Å². The van der Waals surface area contributed by atoms with Gasteiger partial charge in [-0.1, -0.05) is 13.1 Å². The Morgan fingerprint density at radius 1 is 1.00 bits per heavy atom. The van der Waals surface area contributed by atoms with Crippen LogP contribution < -0.4 is 0 Å². The maximum absolute atomic E-state index is 6.16. The Morgan fingerprint density at radius 3 is 1.27 bits per heavy atom. The average Bonchev–Trinajstić information content (AvgIpc) is 1.54. The highest BCUT2D eigenvalue weighted by molar-refractivity contribution is 7.53. The quantitative estimate of drug-likeness (QED) is 0.554. The summed E-state index contributed by atoms with van der Waals surface area (Å²) in [7, 11) is -5.44. The van der Waals surface area contributed by atoms with Crippen LogP contribution in [0.25, 0.3) is 0 Å². The van der Waals surface area contributed by atoms with Crippen LogP contribution >= 0.6 is 55.4 Å². The predicted molar refractivity (Wildman–Crippen MR) is 64.8 cm³/mol. The van der Waals surface area contributed by atoms with Crippen LogP contribution in [0.1, 0.15) is 0 Å². The molecule has 0 rings (SSSR count). The predicted octanol–water partition coefficient (Wildman–Crippen LogP) is 3.28. The Kier molecular flexibility index (Phi) is 6.07. The fourth-order valence-corrected chi connectivity index (χ4v) is 30.2. The zero-order valence-corrected chi connectivity index (χ0v) is 13.2. The largest absolute Gasteiger partial charge is 0.238 e. The fraction of sp³-hybridized carbons (Fsp3) is 1.00. The minimum absolute atomic E-state index is 0.0795. The molecule has 0 nitrogen and oxygen atoms in total. The molecule has 0 aliphatic carbocycles. The van der Waals surface area contributed by atoms with Gasteiger partial charge in [0, 0.05) is 4.79 Å². The summed E-state index contributed by atoms with van der Waals surface area (Å²) in [5, 5.41) is 0. The lowest BCUT2D eigenvalue weighted by atomic mass is 11.8. The molecule has 0 N–H and O–H groups in total. The Hall–Kier alpha value is 2.10. The van der Waals surface area contributed by atoms with Crippen molar-refractivity contribution < 1.29 is 0 Å². The molecule has 8 heteroatoms. The second-order valence-electron chi connectivity index (χ2n) is 2.76. The van der Waals surface area contributed by atoms with Crippen molar-refractivity contribution in [1.29, 1.82) is 0 Å². The summed E-state index contributed by atoms with van der Waals surface area (Å²) in [5.41, 5.74) is 0. The molecule has 0 spiro atoms. The summed E-state index contributed by atoms with van der Waals surface area (Å²) in [6.45, 7) is 3.96. The van der Waals surface area contributed by atoms with Gasteiger partial charge in [0.25, 0.3) is 0 Å². The second-order valence-corrected chi connectivity index (χ2v) is 21.3. The molecule has 0 heterocycles. The van der Waals surface area contributed by atoms with Gasteiger partial charge in [0.1, 0.15) is 0 Å². The maximum Gasteiger partial charge on any atom is 0.238 e. The van der Waals surface area contributed by atoms with Crippen molar-refractivity contribution in [2.75, 3.05) is 0 Å². The van der Waals surface area contributed by atoms with Gasteiger partial charge in [0.15, 0.2) is 7.38 Å². The van der Waals surface area contributed by atoms with Crippen LogP contribution in [-0.2, 0) is 0 Å². The van der Waals surface area contributed by atoms with E-state index >= 15 is 0 Å². The molecule has 0 aromatic heterocycles. The summed E-state index contributed by atoms with van der Waals surface area (Å²) < 4.78 is 0. The molecule has 0 amide bonds. The molecule has 0 saturated heterocycles. The molecule has 11 heavy (non-hydrogen) atoms. The Morgan fingerprint density at radius 2 is 1.27 bits per heavy atom. The first-order valence-electron chi connectivity index (χ1n) is 3.02. The second kappa shape index (κ2) is 5.10. The standard InChI is InChI=1S/C3H9Cl5Si3/c1-11(2,8)3(9(4)5)10(6)7/h3,9-10H,1-2H3. The molecule has 0 bridgehead atoms. The van der Waals surface area contributed by atoms with E-state index in [4.69, 9.17) is 55.4 Å². The molecule has 0 fully saturated rings. The van der Waals surface area contributed by atoms with Gasteiger partial charge in [0.05, 0.1) is 0 Å². The smallest absolute Gasteiger partial charge is 0.168 e. The molecular weight excluding hydrogens is 298 g/mol. The number of hydrogen-bond donors (Lipinski definition) is 0. The Labute approximate surface area is 94.8 Å². The van der Waals surface area contributed by atoms with Crippen LogP contribution in [0.15, 0.2) is 0 Å². The van der Waals surface area contributed by atoms with Crippen molar-refractivity contribution in [3.05, 3.63) is 0 Å². The van der Waals surface area contributed by atoms with E-state index in [1.165, 1.54) is 0 Å². The third-order valence-corrected chi connectivity index (χ3v) is 24.1. The molecule has 0 aliphatic rings. The summed E-state index contributed by atoms with van der Waals surface area (Å²) >= 11 is 29.5. The van der Waals surface area contributed by atoms with E-state index in [0.717, 1.165) is 0 Å². The number of rotatable bonds is 3. The van der Waals surface area contributed by atoms with E-state index in [-0.39, 0.29) is 4.79 Å². The van der Waals surface area contributed by atoms with E-state index in [1.54, 1.807) is 0 Å². The number of halogens is 5. The zero-order valence-electron chi connectivity index (χ0n) is 6.12. The molecular formula is C3H9Cl5Si3. The molecule has 0 radical (unpaired) electrons. The van der Waals surface area contributed by atoms with E-state index < -0.39 is 22.2 Å². The zero-order chi connectivity index (χ0) is 9.23. The Balaban J connectivity index is 4.35. The first kappa shape index (κ1) is 13.1. The first-order chi connectivity index (χ1) is 4.76. The van der Waals surface area contributed by atoms with Gasteiger partial charge in [-0.05, 0) is 0 Å². The summed E-state index contributed by atoms with van der Waals surface area (Å²) in [4.78, 5) is 0.0795. The van der Waals surface area contributed by atoms with Crippen LogP contribution in [0.2, 0.25) is 17.9 Å². The SMILES string of the molecule is C[Si](C)(Cl)C([SiH](Cl)Cl)[SiH](Cl)Cl. The monoisotopic (exact) mass is 304 g/mol. The van der Waals surface area contributed by atoms with Gasteiger partial charge in [-0.25, -0.2) is 0 Å². The molecule has 0 saturated carbocycles. The highest BCUT2D eigenvalue weighted by Gasteiger charge is 2.41. The van der Waals surface area contributed by atoms with Gasteiger partial charge >= 0.3 is 0 Å². The highest BCUT2D eigenvalue weighted by Crippen LogP contribution is 2.36. The van der Waals surface area contributed by atoms with Gasteiger partial charge in [0.2, 0.25) is 14.8 Å². The van der Waals surface area contributed by atoms with Crippen LogP contribution in [-0.4, -0.2) is 22.2 Å². The fourth-order valence-electron chi connectivity index (χ4n) is 0.709. The summed E-state index contributed by atoms with van der Waals surface area (Å²) in [6, 6.07) is 0. The van der Waals surface area contributed by atoms with Crippen LogP contribution in [0, 0.1) is 0 Å². The van der Waals surface area contributed by atoms with Crippen molar-refractivity contribution in [2.45, 2.75) is 17.9 Å². The van der Waals surface area contributed by atoms with E-state index in [2.05, 4.69) is 0 Å². The minimum Gasteiger partial charge on any atom is -0.168 e. The topological polar surface area (TPSA) is 0 Å². The molecule has 0 atom stereocenters. The van der Waals surface area contributed by atoms with Crippen molar-refractivity contribution >= 4 is 77.6 Å². The molecule has 0 aromatic rings. The first-order valence-corrected chi connectivity index (χ1v) is 15.4. The van der Waals surface area contributed by atoms with E-state index in [1.807, 2.05) is 13.1 Å². The Bertz CT molecular complexity index is 113. The maximum atomic E-state index is 6.16. The third kappa shape index (κ3) is 4.76. The molecule has 0 aromatic carbocycles. The lowest BCUT2D eigenvalue weighted by Gasteiger charge is -2.26. The van der Waals surface area contributed by atoms with E-state index in [9.17, 15) is 0 Å².